The summed E-state index contributed by atoms with van der Waals surface area (Å²) in [6, 6.07) is 11.5. The van der Waals surface area contributed by atoms with Crippen molar-refractivity contribution in [3.8, 4) is 11.5 Å². The lowest BCUT2D eigenvalue weighted by molar-refractivity contribution is -0.122. The molecule has 0 saturated heterocycles. The Balaban J connectivity index is 1.54. The lowest BCUT2D eigenvalue weighted by atomic mass is 10.1. The first kappa shape index (κ1) is 18.7. The molecule has 0 aliphatic heterocycles. The maximum atomic E-state index is 13.0. The van der Waals surface area contributed by atoms with Crippen LogP contribution in [0.25, 0.3) is 0 Å². The van der Waals surface area contributed by atoms with E-state index in [9.17, 15) is 14.0 Å². The molecule has 2 aromatic rings. The number of rotatable bonds is 8. The van der Waals surface area contributed by atoms with Gasteiger partial charge in [-0.1, -0.05) is 18.2 Å². The largest absolute Gasteiger partial charge is 0.493 e. The summed E-state index contributed by atoms with van der Waals surface area (Å²) in [5.41, 5.74) is 6.89. The number of methoxy groups -OCH3 is 1. The van der Waals surface area contributed by atoms with Crippen molar-refractivity contribution in [3.63, 3.8) is 0 Å². The molecule has 27 heavy (non-hydrogen) atoms. The summed E-state index contributed by atoms with van der Waals surface area (Å²) in [6.45, 7) is 0.108. The van der Waals surface area contributed by atoms with Gasteiger partial charge in [0, 0.05) is 12.5 Å². The second-order valence-electron chi connectivity index (χ2n) is 6.46. The molecule has 0 radical (unpaired) electrons. The highest BCUT2D eigenvalue weighted by Crippen LogP contribution is 2.47. The zero-order chi connectivity index (χ0) is 19.4. The molecule has 0 bridgehead atoms. The van der Waals surface area contributed by atoms with Crippen LogP contribution in [-0.4, -0.2) is 25.5 Å². The normalized spacial score (nSPS) is 17.9. The first-order valence-corrected chi connectivity index (χ1v) is 8.59. The summed E-state index contributed by atoms with van der Waals surface area (Å²) in [5.74, 6) is 0.0345. The maximum absolute atomic E-state index is 13.0. The van der Waals surface area contributed by atoms with Crippen molar-refractivity contribution in [2.45, 2.75) is 18.9 Å². The Kier molecular flexibility index (Phi) is 5.59. The van der Waals surface area contributed by atoms with Gasteiger partial charge in [-0.2, -0.15) is 0 Å². The number of nitrogens with two attached hydrogens (primary N) is 1. The second kappa shape index (κ2) is 8.07. The summed E-state index contributed by atoms with van der Waals surface area (Å²) in [4.78, 5) is 23.2. The predicted octanol–water partition coefficient (Wildman–Crippen LogP) is 2.12. The number of nitrogens with one attached hydrogen (secondary N) is 1. The number of carbonyl (C=O) groups excluding carboxylic acids is 2. The molecule has 2 unspecified atom stereocenters. The van der Waals surface area contributed by atoms with E-state index in [1.54, 1.807) is 30.3 Å². The molecule has 0 spiro atoms. The Bertz CT molecular complexity index is 838. The van der Waals surface area contributed by atoms with Crippen LogP contribution in [0.15, 0.2) is 42.5 Å². The average Bonchev–Trinajstić information content (AvgIpc) is 3.46. The van der Waals surface area contributed by atoms with Crippen molar-refractivity contribution in [2.24, 2.45) is 11.7 Å². The molecule has 7 heteroatoms. The number of hydrogen-bond donors (Lipinski definition) is 2. The standard InChI is InChI=1S/C20H21FN2O4/c1-26-18-8-12(2-7-17(18)27-11-19(22)24)10-23-20(25)16-9-15(16)13-3-5-14(21)6-4-13/h2-8,15-16H,9-11H2,1H3,(H2,22,24)(H,23,25). The highest BCUT2D eigenvalue weighted by Gasteiger charge is 2.43. The number of benzene rings is 2. The van der Waals surface area contributed by atoms with Gasteiger partial charge in [0.2, 0.25) is 5.91 Å². The number of halogens is 1. The van der Waals surface area contributed by atoms with Gasteiger partial charge in [0.1, 0.15) is 5.82 Å². The van der Waals surface area contributed by atoms with Crippen LogP contribution in [0.3, 0.4) is 0 Å². The summed E-state index contributed by atoms with van der Waals surface area (Å²) in [6.07, 6.45) is 0.765. The first-order chi connectivity index (χ1) is 13.0. The first-order valence-electron chi connectivity index (χ1n) is 8.59. The summed E-state index contributed by atoms with van der Waals surface area (Å²) in [7, 11) is 1.49. The topological polar surface area (TPSA) is 90.7 Å². The Morgan fingerprint density at radius 2 is 1.93 bits per heavy atom. The van der Waals surface area contributed by atoms with Crippen LogP contribution in [-0.2, 0) is 16.1 Å². The van der Waals surface area contributed by atoms with Crippen molar-refractivity contribution >= 4 is 11.8 Å². The zero-order valence-electron chi connectivity index (χ0n) is 14.9. The predicted molar refractivity (Wildman–Crippen MR) is 96.8 cm³/mol. The summed E-state index contributed by atoms with van der Waals surface area (Å²) in [5, 5.41) is 2.91. The van der Waals surface area contributed by atoms with Crippen LogP contribution in [0, 0.1) is 11.7 Å². The van der Waals surface area contributed by atoms with Crippen LogP contribution in [0.2, 0.25) is 0 Å². The molecule has 3 N–H and O–H groups in total. The van der Waals surface area contributed by atoms with Crippen LogP contribution < -0.4 is 20.5 Å². The Labute approximate surface area is 156 Å². The Hall–Kier alpha value is -3.09. The number of ether oxygens (including phenoxy) is 2. The van der Waals surface area contributed by atoms with E-state index in [0.717, 1.165) is 17.5 Å². The van der Waals surface area contributed by atoms with E-state index in [1.807, 2.05) is 0 Å². The molecule has 6 nitrogen and oxygen atoms in total. The van der Waals surface area contributed by atoms with Crippen LogP contribution in [0.4, 0.5) is 4.39 Å². The molecule has 2 amide bonds. The van der Waals surface area contributed by atoms with Crippen molar-refractivity contribution in [1.29, 1.82) is 0 Å². The molecule has 0 heterocycles. The molecule has 1 aliphatic carbocycles. The minimum absolute atomic E-state index is 0.0302. The van der Waals surface area contributed by atoms with Crippen LogP contribution in [0.5, 0.6) is 11.5 Å². The number of carbonyl (C=O) groups is 2. The fraction of sp³-hybridized carbons (Fsp3) is 0.300. The smallest absolute Gasteiger partial charge is 0.255 e. The van der Waals surface area contributed by atoms with Crippen molar-refractivity contribution in [2.75, 3.05) is 13.7 Å². The van der Waals surface area contributed by atoms with Gasteiger partial charge in [0.15, 0.2) is 18.1 Å². The van der Waals surface area contributed by atoms with E-state index in [-0.39, 0.29) is 30.2 Å². The minimum Gasteiger partial charge on any atom is -0.493 e. The molecule has 1 saturated carbocycles. The van der Waals surface area contributed by atoms with E-state index in [1.165, 1.54) is 19.2 Å². The third-order valence-electron chi connectivity index (χ3n) is 4.49. The second-order valence-corrected chi connectivity index (χ2v) is 6.46. The van der Waals surface area contributed by atoms with E-state index in [0.29, 0.717) is 18.0 Å². The lowest BCUT2D eigenvalue weighted by Crippen LogP contribution is -2.25. The van der Waals surface area contributed by atoms with Crippen molar-refractivity contribution in [1.82, 2.24) is 5.32 Å². The molecule has 2 aromatic carbocycles. The fourth-order valence-corrected chi connectivity index (χ4v) is 2.97. The van der Waals surface area contributed by atoms with Gasteiger partial charge >= 0.3 is 0 Å². The van der Waals surface area contributed by atoms with E-state index < -0.39 is 5.91 Å². The van der Waals surface area contributed by atoms with Crippen molar-refractivity contribution < 1.29 is 23.5 Å². The third kappa shape index (κ3) is 4.75. The van der Waals surface area contributed by atoms with Gasteiger partial charge in [-0.05, 0) is 47.7 Å². The van der Waals surface area contributed by atoms with Gasteiger partial charge < -0.3 is 20.5 Å². The fourth-order valence-electron chi connectivity index (χ4n) is 2.97. The van der Waals surface area contributed by atoms with E-state index in [4.69, 9.17) is 15.2 Å². The molecule has 1 fully saturated rings. The molecule has 142 valence electrons. The highest BCUT2D eigenvalue weighted by molar-refractivity contribution is 5.82. The number of hydrogen-bond acceptors (Lipinski definition) is 4. The van der Waals surface area contributed by atoms with Gasteiger partial charge in [0.25, 0.3) is 5.91 Å². The molecule has 3 rings (SSSR count). The SMILES string of the molecule is COc1cc(CNC(=O)C2CC2c2ccc(F)cc2)ccc1OCC(N)=O. The summed E-state index contributed by atoms with van der Waals surface area (Å²) >= 11 is 0. The number of primary amides is 1. The van der Waals surface area contributed by atoms with Gasteiger partial charge in [-0.15, -0.1) is 0 Å². The molecule has 1 aliphatic rings. The van der Waals surface area contributed by atoms with Gasteiger partial charge in [0.05, 0.1) is 7.11 Å². The Morgan fingerprint density at radius 3 is 2.59 bits per heavy atom. The van der Waals surface area contributed by atoms with Gasteiger partial charge in [-0.25, -0.2) is 4.39 Å². The third-order valence-corrected chi connectivity index (χ3v) is 4.49. The highest BCUT2D eigenvalue weighted by atomic mass is 19.1. The van der Waals surface area contributed by atoms with Crippen LogP contribution >= 0.6 is 0 Å². The van der Waals surface area contributed by atoms with E-state index >= 15 is 0 Å². The molecule has 2 atom stereocenters. The Morgan fingerprint density at radius 1 is 1.19 bits per heavy atom. The maximum Gasteiger partial charge on any atom is 0.255 e. The zero-order valence-corrected chi connectivity index (χ0v) is 14.9. The molecule has 0 aromatic heterocycles. The van der Waals surface area contributed by atoms with Gasteiger partial charge in [-0.3, -0.25) is 9.59 Å². The average molecular weight is 372 g/mol. The lowest BCUT2D eigenvalue weighted by Gasteiger charge is -2.12. The van der Waals surface area contributed by atoms with Crippen molar-refractivity contribution in [3.05, 3.63) is 59.4 Å². The number of amides is 2. The summed E-state index contributed by atoms with van der Waals surface area (Å²) < 4.78 is 23.5. The minimum atomic E-state index is -0.575. The van der Waals surface area contributed by atoms with E-state index in [2.05, 4.69) is 5.32 Å². The molecular formula is C20H21FN2O4. The monoisotopic (exact) mass is 372 g/mol. The van der Waals surface area contributed by atoms with Crippen LogP contribution in [0.1, 0.15) is 23.5 Å². The molecular weight excluding hydrogens is 351 g/mol. The quantitative estimate of drug-likeness (QED) is 0.743.